The minimum atomic E-state index is -0.566. The van der Waals surface area contributed by atoms with Crippen LogP contribution >= 0.6 is 0 Å². The second kappa shape index (κ2) is 10.9. The zero-order chi connectivity index (χ0) is 24.8. The second-order valence-electron chi connectivity index (χ2n) is 8.11. The number of carbonyl (C=O) groups is 1. The topological polar surface area (TPSA) is 77.1 Å². The zero-order valence-electron chi connectivity index (χ0n) is 19.4. The predicted molar refractivity (Wildman–Crippen MR) is 126 cm³/mol. The normalized spacial score (nSPS) is 11.8. The van der Waals surface area contributed by atoms with E-state index in [2.05, 4.69) is 15.0 Å². The van der Waals surface area contributed by atoms with Gasteiger partial charge in [-0.2, -0.15) is 0 Å². The van der Waals surface area contributed by atoms with Gasteiger partial charge in [-0.05, 0) is 60.7 Å². The number of halogens is 2. The van der Waals surface area contributed by atoms with Crippen LogP contribution in [0, 0.1) is 18.6 Å². The number of aryl methyl sites for hydroxylation is 3. The number of imidazole rings is 1. The summed E-state index contributed by atoms with van der Waals surface area (Å²) in [5.41, 5.74) is 3.48. The Kier molecular flexibility index (Phi) is 7.50. The summed E-state index contributed by atoms with van der Waals surface area (Å²) >= 11 is 0. The van der Waals surface area contributed by atoms with Gasteiger partial charge in [0.1, 0.15) is 24.1 Å². The van der Waals surface area contributed by atoms with Crippen molar-refractivity contribution >= 4 is 5.97 Å². The molecule has 2 aromatic carbocycles. The summed E-state index contributed by atoms with van der Waals surface area (Å²) in [4.78, 5) is 24.3. The number of rotatable bonds is 9. The van der Waals surface area contributed by atoms with Gasteiger partial charge in [0.15, 0.2) is 5.69 Å². The van der Waals surface area contributed by atoms with Crippen molar-refractivity contribution in [3.63, 3.8) is 0 Å². The molecular weight excluding hydrogens is 452 g/mol. The highest BCUT2D eigenvalue weighted by Crippen LogP contribution is 2.25. The third kappa shape index (κ3) is 6.09. The molecule has 180 valence electrons. The average molecular weight is 478 g/mol. The number of H-pyrrole nitrogens is 1. The van der Waals surface area contributed by atoms with Crippen molar-refractivity contribution in [1.29, 1.82) is 0 Å². The van der Waals surface area contributed by atoms with Gasteiger partial charge in [0.05, 0.1) is 13.0 Å². The van der Waals surface area contributed by atoms with E-state index >= 15 is 0 Å². The number of ether oxygens (including phenoxy) is 2. The van der Waals surface area contributed by atoms with Gasteiger partial charge >= 0.3 is 5.97 Å². The van der Waals surface area contributed by atoms with Gasteiger partial charge in [0.25, 0.3) is 0 Å². The molecule has 0 saturated carbocycles. The number of methoxy groups -OCH3 is 1. The van der Waals surface area contributed by atoms with E-state index in [0.29, 0.717) is 18.4 Å². The Bertz CT molecular complexity index is 1290. The molecule has 0 spiro atoms. The first-order valence-corrected chi connectivity index (χ1v) is 11.2. The van der Waals surface area contributed by atoms with E-state index in [1.54, 1.807) is 42.6 Å². The predicted octanol–water partition coefficient (Wildman–Crippen LogP) is 5.17. The molecule has 1 unspecified atom stereocenters. The molecule has 2 heterocycles. The van der Waals surface area contributed by atoms with E-state index in [1.807, 2.05) is 6.92 Å². The maximum atomic E-state index is 13.5. The Hall–Kier alpha value is -4.07. The van der Waals surface area contributed by atoms with Crippen LogP contribution in [0.2, 0.25) is 0 Å². The van der Waals surface area contributed by atoms with E-state index in [0.717, 1.165) is 22.6 Å². The molecule has 0 fully saturated rings. The lowest BCUT2D eigenvalue weighted by molar-refractivity contribution is 0.0591. The Balaban J connectivity index is 1.53. The highest BCUT2D eigenvalue weighted by atomic mass is 19.1. The van der Waals surface area contributed by atoms with Crippen molar-refractivity contribution in [2.75, 3.05) is 13.7 Å². The van der Waals surface area contributed by atoms with Crippen molar-refractivity contribution in [2.45, 2.75) is 25.7 Å². The number of hydrogen-bond donors (Lipinski definition) is 1. The van der Waals surface area contributed by atoms with Crippen LogP contribution < -0.4 is 4.74 Å². The van der Waals surface area contributed by atoms with E-state index in [4.69, 9.17) is 9.47 Å². The van der Waals surface area contributed by atoms with E-state index < -0.39 is 5.97 Å². The van der Waals surface area contributed by atoms with Crippen LogP contribution in [0.4, 0.5) is 8.78 Å². The first-order valence-electron chi connectivity index (χ1n) is 11.2. The van der Waals surface area contributed by atoms with Gasteiger partial charge in [-0.1, -0.05) is 30.3 Å². The molecule has 35 heavy (non-hydrogen) atoms. The number of hydrogen-bond acceptors (Lipinski definition) is 5. The molecule has 1 atom stereocenters. The number of aromatic amines is 1. The highest BCUT2D eigenvalue weighted by molar-refractivity contribution is 5.89. The second-order valence-corrected chi connectivity index (χ2v) is 8.11. The highest BCUT2D eigenvalue weighted by Gasteiger charge is 2.20. The van der Waals surface area contributed by atoms with Gasteiger partial charge in [-0.15, -0.1) is 0 Å². The Labute approximate surface area is 202 Å². The summed E-state index contributed by atoms with van der Waals surface area (Å²) in [6, 6.07) is 15.9. The van der Waals surface area contributed by atoms with E-state index in [1.165, 1.54) is 31.4 Å². The molecule has 0 amide bonds. The quantitative estimate of drug-likeness (QED) is 0.337. The number of benzene rings is 2. The SMILES string of the molecule is COC(=O)c1nc(OCC(c2ccc(F)cc2)c2cnc(C)[nH]2)ccc1CCc1ccc(F)cc1. The summed E-state index contributed by atoms with van der Waals surface area (Å²) in [6.07, 6.45) is 2.85. The molecule has 4 rings (SSSR count). The average Bonchev–Trinajstić information content (AvgIpc) is 3.30. The third-order valence-corrected chi connectivity index (χ3v) is 5.70. The summed E-state index contributed by atoms with van der Waals surface area (Å²) in [7, 11) is 1.30. The molecule has 4 aromatic rings. The van der Waals surface area contributed by atoms with E-state index in [-0.39, 0.29) is 35.7 Å². The zero-order valence-corrected chi connectivity index (χ0v) is 19.4. The fourth-order valence-corrected chi connectivity index (χ4v) is 3.80. The molecule has 0 aliphatic carbocycles. The van der Waals surface area contributed by atoms with Gasteiger partial charge in [0, 0.05) is 18.0 Å². The Morgan fingerprint density at radius 2 is 1.66 bits per heavy atom. The van der Waals surface area contributed by atoms with Crippen molar-refractivity contribution in [3.05, 3.63) is 112 Å². The van der Waals surface area contributed by atoms with E-state index in [9.17, 15) is 13.6 Å². The van der Waals surface area contributed by atoms with Crippen LogP contribution in [0.3, 0.4) is 0 Å². The molecule has 6 nitrogen and oxygen atoms in total. The fraction of sp³-hybridized carbons (Fsp3) is 0.222. The number of carbonyl (C=O) groups excluding carboxylic acids is 1. The number of nitrogens with zero attached hydrogens (tertiary/aromatic N) is 2. The molecule has 1 N–H and O–H groups in total. The van der Waals surface area contributed by atoms with Crippen molar-refractivity contribution in [2.24, 2.45) is 0 Å². The third-order valence-electron chi connectivity index (χ3n) is 5.70. The lowest BCUT2D eigenvalue weighted by Gasteiger charge is -2.17. The largest absolute Gasteiger partial charge is 0.477 e. The summed E-state index contributed by atoms with van der Waals surface area (Å²) in [6.45, 7) is 2.04. The minimum absolute atomic E-state index is 0.169. The summed E-state index contributed by atoms with van der Waals surface area (Å²) in [5.74, 6) is -0.420. The maximum Gasteiger partial charge on any atom is 0.357 e. The van der Waals surface area contributed by atoms with Crippen LogP contribution in [0.1, 0.15) is 44.6 Å². The number of esters is 1. The molecule has 0 radical (unpaired) electrons. The van der Waals surface area contributed by atoms with Gasteiger partial charge in [-0.3, -0.25) is 0 Å². The van der Waals surface area contributed by atoms with Gasteiger partial charge in [0.2, 0.25) is 5.88 Å². The first-order chi connectivity index (χ1) is 16.9. The van der Waals surface area contributed by atoms with Crippen molar-refractivity contribution < 1.29 is 23.0 Å². The standard InChI is InChI=1S/C27H25F2N3O3/c1-17-30-15-24(31-17)23(19-7-12-22(29)13-8-19)16-35-25-14-9-20(26(32-25)27(33)34-2)6-3-18-4-10-21(28)11-5-18/h4-5,7-15,23H,3,6,16H2,1-2H3,(H,30,31). The first kappa shape index (κ1) is 24.1. The lowest BCUT2D eigenvalue weighted by Crippen LogP contribution is -2.15. The smallest absolute Gasteiger partial charge is 0.357 e. The maximum absolute atomic E-state index is 13.5. The summed E-state index contributed by atoms with van der Waals surface area (Å²) in [5, 5.41) is 0. The lowest BCUT2D eigenvalue weighted by atomic mass is 9.97. The Morgan fingerprint density at radius 3 is 2.29 bits per heavy atom. The number of pyridine rings is 1. The fourth-order valence-electron chi connectivity index (χ4n) is 3.80. The van der Waals surface area contributed by atoms with Crippen LogP contribution in [0.15, 0.2) is 66.9 Å². The van der Waals surface area contributed by atoms with Gasteiger partial charge < -0.3 is 14.5 Å². The molecule has 0 aliphatic heterocycles. The monoisotopic (exact) mass is 477 g/mol. The summed E-state index contributed by atoms with van der Waals surface area (Å²) < 4.78 is 37.5. The van der Waals surface area contributed by atoms with Crippen LogP contribution in [0.5, 0.6) is 5.88 Å². The molecule has 2 aromatic heterocycles. The molecule has 0 aliphatic rings. The Morgan fingerprint density at radius 1 is 0.971 bits per heavy atom. The molecule has 0 bridgehead atoms. The molecular formula is C27H25F2N3O3. The van der Waals surface area contributed by atoms with Crippen LogP contribution in [-0.2, 0) is 17.6 Å². The molecule has 8 heteroatoms. The van der Waals surface area contributed by atoms with Crippen molar-refractivity contribution in [1.82, 2.24) is 15.0 Å². The van der Waals surface area contributed by atoms with Crippen molar-refractivity contribution in [3.8, 4) is 5.88 Å². The van der Waals surface area contributed by atoms with Crippen LogP contribution in [0.25, 0.3) is 0 Å². The van der Waals surface area contributed by atoms with Crippen LogP contribution in [-0.4, -0.2) is 34.6 Å². The minimum Gasteiger partial charge on any atom is -0.477 e. The molecule has 0 saturated heterocycles. The van der Waals surface area contributed by atoms with Gasteiger partial charge in [-0.25, -0.2) is 23.5 Å². The number of aromatic nitrogens is 3. The number of nitrogens with one attached hydrogen (secondary N) is 1.